The van der Waals surface area contributed by atoms with Gasteiger partial charge in [0.15, 0.2) is 0 Å². The Hall–Kier alpha value is -2.33. The van der Waals surface area contributed by atoms with E-state index in [1.807, 2.05) is 28.9 Å². The molecule has 5 heteroatoms. The van der Waals surface area contributed by atoms with Crippen LogP contribution < -0.4 is 5.32 Å². The van der Waals surface area contributed by atoms with Crippen LogP contribution in [0.3, 0.4) is 0 Å². The highest BCUT2D eigenvalue weighted by Gasteiger charge is 2.23. The molecule has 110 valence electrons. The van der Waals surface area contributed by atoms with Crippen LogP contribution >= 0.6 is 11.6 Å². The quantitative estimate of drug-likeness (QED) is 0.764. The number of nitrogens with one attached hydrogen (secondary N) is 1. The Morgan fingerprint density at radius 2 is 1.95 bits per heavy atom. The first kappa shape index (κ1) is 13.3. The molecule has 22 heavy (non-hydrogen) atoms. The van der Waals surface area contributed by atoms with Gasteiger partial charge in [0.1, 0.15) is 11.6 Å². The van der Waals surface area contributed by atoms with Crippen molar-refractivity contribution in [2.75, 3.05) is 11.9 Å². The third-order valence-electron chi connectivity index (χ3n) is 3.82. The Balaban J connectivity index is 1.88. The Bertz CT molecular complexity index is 840. The molecule has 0 atom stereocenters. The maximum absolute atomic E-state index is 13.1. The minimum absolute atomic E-state index is 0.254. The number of benzene rings is 2. The van der Waals surface area contributed by atoms with Crippen molar-refractivity contribution in [1.82, 2.24) is 9.78 Å². The van der Waals surface area contributed by atoms with E-state index in [-0.39, 0.29) is 5.82 Å². The molecule has 1 aliphatic heterocycles. The molecular weight excluding hydrogens is 301 g/mol. The van der Waals surface area contributed by atoms with Crippen LogP contribution in [0, 0.1) is 5.82 Å². The number of aromatic nitrogens is 2. The number of hydrogen-bond donors (Lipinski definition) is 1. The van der Waals surface area contributed by atoms with Crippen molar-refractivity contribution in [2.45, 2.75) is 6.42 Å². The summed E-state index contributed by atoms with van der Waals surface area (Å²) in [7, 11) is 0. The van der Waals surface area contributed by atoms with Crippen LogP contribution in [0.2, 0.25) is 5.02 Å². The van der Waals surface area contributed by atoms with E-state index in [9.17, 15) is 4.39 Å². The van der Waals surface area contributed by atoms with Crippen molar-refractivity contribution in [3.8, 4) is 16.9 Å². The number of hydrogen-bond acceptors (Lipinski definition) is 2. The molecule has 3 nitrogen and oxygen atoms in total. The molecule has 2 aromatic carbocycles. The maximum atomic E-state index is 13.1. The molecule has 0 fully saturated rings. The molecule has 0 saturated carbocycles. The van der Waals surface area contributed by atoms with Crippen LogP contribution in [0.15, 0.2) is 48.5 Å². The standard InChI is InChI=1S/C17H13ClFN3/c18-12-3-1-2-11(10-12)16-15-8-9-20-17(15)22(21-16)14-6-4-13(19)5-7-14/h1-7,10,20H,8-9H2. The van der Waals surface area contributed by atoms with Gasteiger partial charge in [-0.05, 0) is 42.8 Å². The summed E-state index contributed by atoms with van der Waals surface area (Å²) in [5.74, 6) is 0.720. The van der Waals surface area contributed by atoms with Crippen molar-refractivity contribution in [1.29, 1.82) is 0 Å². The van der Waals surface area contributed by atoms with Gasteiger partial charge in [-0.25, -0.2) is 9.07 Å². The highest BCUT2D eigenvalue weighted by molar-refractivity contribution is 6.30. The molecule has 0 bridgehead atoms. The monoisotopic (exact) mass is 313 g/mol. The van der Waals surface area contributed by atoms with Crippen LogP contribution in [0.25, 0.3) is 16.9 Å². The fraction of sp³-hybridized carbons (Fsp3) is 0.118. The van der Waals surface area contributed by atoms with Gasteiger partial charge >= 0.3 is 0 Å². The van der Waals surface area contributed by atoms with Gasteiger partial charge < -0.3 is 5.32 Å². The zero-order valence-corrected chi connectivity index (χ0v) is 12.4. The lowest BCUT2D eigenvalue weighted by molar-refractivity contribution is 0.627. The topological polar surface area (TPSA) is 29.9 Å². The SMILES string of the molecule is Fc1ccc(-n2nc(-c3cccc(Cl)c3)c3c2NCC3)cc1. The molecule has 1 N–H and O–H groups in total. The lowest BCUT2D eigenvalue weighted by Gasteiger charge is -2.06. The zero-order valence-electron chi connectivity index (χ0n) is 11.7. The third-order valence-corrected chi connectivity index (χ3v) is 4.06. The highest BCUT2D eigenvalue weighted by Crippen LogP contribution is 2.35. The minimum atomic E-state index is -0.254. The molecule has 0 amide bonds. The van der Waals surface area contributed by atoms with Gasteiger partial charge in [-0.3, -0.25) is 0 Å². The highest BCUT2D eigenvalue weighted by atomic mass is 35.5. The second kappa shape index (κ2) is 5.14. The van der Waals surface area contributed by atoms with Crippen molar-refractivity contribution < 1.29 is 4.39 Å². The number of rotatable bonds is 2. The molecule has 3 aromatic rings. The first-order valence-electron chi connectivity index (χ1n) is 7.10. The van der Waals surface area contributed by atoms with E-state index in [0.717, 1.165) is 35.7 Å². The van der Waals surface area contributed by atoms with Gasteiger partial charge in [-0.1, -0.05) is 23.7 Å². The van der Waals surface area contributed by atoms with E-state index in [4.69, 9.17) is 16.7 Å². The Labute approximate surface area is 132 Å². The largest absolute Gasteiger partial charge is 0.369 e. The first-order chi connectivity index (χ1) is 10.7. The summed E-state index contributed by atoms with van der Waals surface area (Å²) in [5.41, 5.74) is 3.92. The molecule has 0 spiro atoms. The lowest BCUT2D eigenvalue weighted by atomic mass is 10.1. The average molecular weight is 314 g/mol. The zero-order chi connectivity index (χ0) is 15.1. The van der Waals surface area contributed by atoms with Crippen molar-refractivity contribution in [3.63, 3.8) is 0 Å². The summed E-state index contributed by atoms with van der Waals surface area (Å²) in [6, 6.07) is 14.0. The second-order valence-electron chi connectivity index (χ2n) is 5.25. The number of fused-ring (bicyclic) bond motifs is 1. The normalized spacial score (nSPS) is 13.0. The second-order valence-corrected chi connectivity index (χ2v) is 5.69. The Kier molecular flexibility index (Phi) is 3.12. The molecule has 2 heterocycles. The van der Waals surface area contributed by atoms with E-state index >= 15 is 0 Å². The van der Waals surface area contributed by atoms with Crippen LogP contribution in [-0.2, 0) is 6.42 Å². The number of halogens is 2. The summed E-state index contributed by atoms with van der Waals surface area (Å²) in [6.07, 6.45) is 0.915. The minimum Gasteiger partial charge on any atom is -0.369 e. The van der Waals surface area contributed by atoms with Gasteiger partial charge in [0.05, 0.1) is 11.4 Å². The van der Waals surface area contributed by atoms with Crippen molar-refractivity contribution >= 4 is 17.4 Å². The van der Waals surface area contributed by atoms with E-state index in [0.29, 0.717) is 5.02 Å². The van der Waals surface area contributed by atoms with Gasteiger partial charge in [-0.2, -0.15) is 5.10 Å². The number of anilines is 1. The smallest absolute Gasteiger partial charge is 0.133 e. The van der Waals surface area contributed by atoms with E-state index in [2.05, 4.69) is 5.32 Å². The molecule has 1 aliphatic rings. The summed E-state index contributed by atoms with van der Waals surface area (Å²) < 4.78 is 15.0. The number of nitrogens with zero attached hydrogens (tertiary/aromatic N) is 2. The molecule has 0 saturated heterocycles. The first-order valence-corrected chi connectivity index (χ1v) is 7.48. The molecule has 0 aliphatic carbocycles. The summed E-state index contributed by atoms with van der Waals surface area (Å²) in [6.45, 7) is 0.877. The van der Waals surface area contributed by atoms with Crippen LogP contribution in [0.4, 0.5) is 10.2 Å². The van der Waals surface area contributed by atoms with Gasteiger partial charge in [-0.15, -0.1) is 0 Å². The summed E-state index contributed by atoms with van der Waals surface area (Å²) in [4.78, 5) is 0. The van der Waals surface area contributed by atoms with Gasteiger partial charge in [0, 0.05) is 22.7 Å². The van der Waals surface area contributed by atoms with Gasteiger partial charge in [0.2, 0.25) is 0 Å². The van der Waals surface area contributed by atoms with Crippen LogP contribution in [0.1, 0.15) is 5.56 Å². The maximum Gasteiger partial charge on any atom is 0.133 e. The molecule has 0 radical (unpaired) electrons. The van der Waals surface area contributed by atoms with Gasteiger partial charge in [0.25, 0.3) is 0 Å². The van der Waals surface area contributed by atoms with E-state index in [1.54, 1.807) is 12.1 Å². The van der Waals surface area contributed by atoms with Crippen LogP contribution in [-0.4, -0.2) is 16.3 Å². The third kappa shape index (κ3) is 2.16. The molecular formula is C17H13ClFN3. The summed E-state index contributed by atoms with van der Waals surface area (Å²) >= 11 is 6.10. The van der Waals surface area contributed by atoms with E-state index in [1.165, 1.54) is 17.7 Å². The van der Waals surface area contributed by atoms with E-state index < -0.39 is 0 Å². The predicted octanol–water partition coefficient (Wildman–Crippen LogP) is 4.30. The fourth-order valence-electron chi connectivity index (χ4n) is 2.81. The van der Waals surface area contributed by atoms with Crippen LogP contribution in [0.5, 0.6) is 0 Å². The summed E-state index contributed by atoms with van der Waals surface area (Å²) in [5, 5.41) is 8.76. The Morgan fingerprint density at radius 1 is 1.14 bits per heavy atom. The molecule has 1 aromatic heterocycles. The Morgan fingerprint density at radius 3 is 2.73 bits per heavy atom. The molecule has 0 unspecified atom stereocenters. The van der Waals surface area contributed by atoms with Crippen molar-refractivity contribution in [2.24, 2.45) is 0 Å². The molecule has 4 rings (SSSR count). The predicted molar refractivity (Wildman–Crippen MR) is 86.2 cm³/mol. The average Bonchev–Trinajstić information content (AvgIpc) is 3.10. The van der Waals surface area contributed by atoms with Crippen molar-refractivity contribution in [3.05, 3.63) is 64.9 Å². The fourth-order valence-corrected chi connectivity index (χ4v) is 3.00. The lowest BCUT2D eigenvalue weighted by Crippen LogP contribution is -2.04.